The van der Waals surface area contributed by atoms with Gasteiger partial charge in [-0.3, -0.25) is 0 Å². The summed E-state index contributed by atoms with van der Waals surface area (Å²) in [4.78, 5) is 0. The van der Waals surface area contributed by atoms with Gasteiger partial charge in [0.1, 0.15) is 12.9 Å². The predicted octanol–water partition coefficient (Wildman–Crippen LogP) is 2.66. The molecule has 0 rings (SSSR count). The van der Waals surface area contributed by atoms with Crippen molar-refractivity contribution in [2.75, 3.05) is 27.1 Å². The molecule has 0 aliphatic carbocycles. The van der Waals surface area contributed by atoms with Gasteiger partial charge in [0.15, 0.2) is 0 Å². The largest absolute Gasteiger partial charge is 0.394 e. The van der Waals surface area contributed by atoms with Crippen LogP contribution in [0.15, 0.2) is 12.2 Å². The lowest BCUT2D eigenvalue weighted by Crippen LogP contribution is -2.35. The lowest BCUT2D eigenvalue weighted by Gasteiger charge is -2.25. The summed E-state index contributed by atoms with van der Waals surface area (Å²) in [6, 6.07) is 1.11. The summed E-state index contributed by atoms with van der Waals surface area (Å²) in [6.45, 7) is 13.5. The third-order valence-electron chi connectivity index (χ3n) is 2.81. The lowest BCUT2D eigenvalue weighted by atomic mass is 10.1. The van der Waals surface area contributed by atoms with Gasteiger partial charge in [0.2, 0.25) is 0 Å². The third-order valence-corrected chi connectivity index (χ3v) is 4.51. The number of rotatable bonds is 11. The first-order valence-corrected chi connectivity index (χ1v) is 10.5. The average Bonchev–Trinajstić information content (AvgIpc) is 2.29. The molecule has 0 fully saturated rings. The van der Waals surface area contributed by atoms with Crippen molar-refractivity contribution in [3.05, 3.63) is 12.2 Å². The normalized spacial score (nSPS) is 15.3. The van der Waals surface area contributed by atoms with E-state index in [2.05, 4.69) is 26.2 Å². The van der Waals surface area contributed by atoms with E-state index in [1.165, 1.54) is 0 Å². The van der Waals surface area contributed by atoms with Gasteiger partial charge < -0.3 is 19.3 Å². The maximum absolute atomic E-state index is 9.34. The summed E-state index contributed by atoms with van der Waals surface area (Å²) in [6.07, 6.45) is 0.132. The molecule has 0 aromatic rings. The molecule has 1 N–H and O–H groups in total. The monoisotopic (exact) mass is 290 g/mol. The van der Waals surface area contributed by atoms with Gasteiger partial charge in [-0.1, -0.05) is 25.2 Å². The summed E-state index contributed by atoms with van der Waals surface area (Å²) < 4.78 is 16.3. The molecule has 2 atom stereocenters. The van der Waals surface area contributed by atoms with Crippen molar-refractivity contribution >= 4 is 8.07 Å². The third kappa shape index (κ3) is 10.3. The van der Waals surface area contributed by atoms with Gasteiger partial charge in [-0.25, -0.2) is 0 Å². The van der Waals surface area contributed by atoms with E-state index >= 15 is 0 Å². The molecule has 0 heterocycles. The highest BCUT2D eigenvalue weighted by Gasteiger charge is 2.21. The first kappa shape index (κ1) is 18.8. The van der Waals surface area contributed by atoms with Crippen LogP contribution in [-0.4, -0.2) is 52.5 Å². The van der Waals surface area contributed by atoms with Crippen molar-refractivity contribution in [3.63, 3.8) is 0 Å². The van der Waals surface area contributed by atoms with Crippen LogP contribution in [0, 0.1) is 0 Å². The number of methoxy groups -OCH3 is 1. The molecule has 0 bridgehead atoms. The van der Waals surface area contributed by atoms with Crippen molar-refractivity contribution in [1.29, 1.82) is 0 Å². The maximum atomic E-state index is 9.34. The average molecular weight is 290 g/mol. The maximum Gasteiger partial charge on any atom is 0.147 e. The fourth-order valence-corrected chi connectivity index (χ4v) is 2.32. The van der Waals surface area contributed by atoms with Crippen LogP contribution < -0.4 is 0 Å². The Balaban J connectivity index is 3.95. The standard InChI is InChI=1S/C14H30O4Si/c1-12(2)9-13(16-3)14(10-15)18-11-17-7-8-19(4,5)6/h13-15H,1,7-11H2,2-6H3/t13-,14+/m0/s1. The summed E-state index contributed by atoms with van der Waals surface area (Å²) in [7, 11) is 0.557. The van der Waals surface area contributed by atoms with Gasteiger partial charge in [0, 0.05) is 21.8 Å². The van der Waals surface area contributed by atoms with Crippen LogP contribution in [0.25, 0.3) is 0 Å². The minimum Gasteiger partial charge on any atom is -0.394 e. The van der Waals surface area contributed by atoms with Gasteiger partial charge in [-0.15, -0.1) is 6.58 Å². The van der Waals surface area contributed by atoms with Crippen LogP contribution >= 0.6 is 0 Å². The van der Waals surface area contributed by atoms with E-state index in [-0.39, 0.29) is 25.6 Å². The Kier molecular flexibility index (Phi) is 9.56. The zero-order valence-corrected chi connectivity index (χ0v) is 14.1. The number of ether oxygens (including phenoxy) is 3. The molecule has 0 saturated carbocycles. The Morgan fingerprint density at radius 1 is 1.26 bits per heavy atom. The molecule has 0 aromatic carbocycles. The number of hydrogen-bond acceptors (Lipinski definition) is 4. The summed E-state index contributed by atoms with van der Waals surface area (Å²) in [5, 5.41) is 9.34. The fourth-order valence-electron chi connectivity index (χ4n) is 1.56. The topological polar surface area (TPSA) is 47.9 Å². The van der Waals surface area contributed by atoms with E-state index in [1.54, 1.807) is 7.11 Å². The second-order valence-electron chi connectivity index (χ2n) is 6.16. The number of hydrogen-bond donors (Lipinski definition) is 1. The molecule has 0 spiro atoms. The van der Waals surface area contributed by atoms with Crippen molar-refractivity contribution in [3.8, 4) is 0 Å². The van der Waals surface area contributed by atoms with Gasteiger partial charge in [0.25, 0.3) is 0 Å². The number of aliphatic hydroxyl groups is 1. The van der Waals surface area contributed by atoms with Gasteiger partial charge in [0.05, 0.1) is 12.7 Å². The Labute approximate surface area is 118 Å². The number of aliphatic hydroxyl groups excluding tert-OH is 1. The Bertz CT molecular complexity index is 250. The summed E-state index contributed by atoms with van der Waals surface area (Å²) in [5.74, 6) is 0. The molecule has 0 aromatic heterocycles. The summed E-state index contributed by atoms with van der Waals surface area (Å²) in [5.41, 5.74) is 1.01. The first-order valence-electron chi connectivity index (χ1n) is 6.77. The highest BCUT2D eigenvalue weighted by Crippen LogP contribution is 2.13. The molecule has 4 nitrogen and oxygen atoms in total. The molecule has 114 valence electrons. The van der Waals surface area contributed by atoms with E-state index in [4.69, 9.17) is 14.2 Å². The Morgan fingerprint density at radius 3 is 2.32 bits per heavy atom. The second-order valence-corrected chi connectivity index (χ2v) is 11.8. The van der Waals surface area contributed by atoms with Crippen molar-refractivity contribution in [1.82, 2.24) is 0 Å². The van der Waals surface area contributed by atoms with Crippen molar-refractivity contribution < 1.29 is 19.3 Å². The second kappa shape index (κ2) is 9.66. The van der Waals surface area contributed by atoms with E-state index in [0.717, 1.165) is 11.6 Å². The Hall–Kier alpha value is -0.203. The molecule has 5 heteroatoms. The van der Waals surface area contributed by atoms with E-state index in [0.29, 0.717) is 13.0 Å². The van der Waals surface area contributed by atoms with Crippen LogP contribution in [0.4, 0.5) is 0 Å². The van der Waals surface area contributed by atoms with E-state index in [9.17, 15) is 5.11 Å². The fraction of sp³-hybridized carbons (Fsp3) is 0.857. The molecule has 0 radical (unpaired) electrons. The zero-order chi connectivity index (χ0) is 14.9. The minimum atomic E-state index is -1.06. The molecule has 0 saturated heterocycles. The highest BCUT2D eigenvalue weighted by molar-refractivity contribution is 6.76. The highest BCUT2D eigenvalue weighted by atomic mass is 28.3. The first-order chi connectivity index (χ1) is 8.80. The zero-order valence-electron chi connectivity index (χ0n) is 13.1. The van der Waals surface area contributed by atoms with Crippen LogP contribution in [0.2, 0.25) is 25.7 Å². The lowest BCUT2D eigenvalue weighted by molar-refractivity contribution is -0.142. The van der Waals surface area contributed by atoms with Gasteiger partial charge in [-0.05, 0) is 19.4 Å². The van der Waals surface area contributed by atoms with Crippen LogP contribution in [0.5, 0.6) is 0 Å². The minimum absolute atomic E-state index is 0.0802. The van der Waals surface area contributed by atoms with Crippen LogP contribution in [0.3, 0.4) is 0 Å². The molecular formula is C14H30O4Si. The van der Waals surface area contributed by atoms with E-state index in [1.807, 2.05) is 6.92 Å². The van der Waals surface area contributed by atoms with E-state index < -0.39 is 8.07 Å². The molecule has 0 amide bonds. The van der Waals surface area contributed by atoms with Crippen LogP contribution in [0.1, 0.15) is 13.3 Å². The van der Waals surface area contributed by atoms with Gasteiger partial charge in [-0.2, -0.15) is 0 Å². The quantitative estimate of drug-likeness (QED) is 0.275. The molecule has 0 unspecified atom stereocenters. The smallest absolute Gasteiger partial charge is 0.147 e. The SMILES string of the molecule is C=C(C)C[C@H](OC)[C@@H](CO)OCOCC[Si](C)(C)C. The summed E-state index contributed by atoms with van der Waals surface area (Å²) >= 11 is 0. The molecule has 0 aliphatic heterocycles. The predicted molar refractivity (Wildman–Crippen MR) is 81.2 cm³/mol. The van der Waals surface area contributed by atoms with Crippen molar-refractivity contribution in [2.24, 2.45) is 0 Å². The Morgan fingerprint density at radius 2 is 1.89 bits per heavy atom. The molecular weight excluding hydrogens is 260 g/mol. The molecule has 0 aliphatic rings. The van der Waals surface area contributed by atoms with Crippen molar-refractivity contribution in [2.45, 2.75) is 51.2 Å². The van der Waals surface area contributed by atoms with Gasteiger partial charge >= 0.3 is 0 Å². The van der Waals surface area contributed by atoms with Crippen LogP contribution in [-0.2, 0) is 14.2 Å². The molecule has 19 heavy (non-hydrogen) atoms.